The smallest absolute Gasteiger partial charge is 0.278 e. The van der Waals surface area contributed by atoms with E-state index in [1.165, 1.54) is 10.6 Å². The molecule has 13 nitrogen and oxygen atoms in total. The van der Waals surface area contributed by atoms with E-state index >= 15 is 0 Å². The Bertz CT molecular complexity index is 1310. The van der Waals surface area contributed by atoms with E-state index in [2.05, 4.69) is 16.5 Å². The highest BCUT2D eigenvalue weighted by Crippen LogP contribution is 2.48. The van der Waals surface area contributed by atoms with E-state index in [0.29, 0.717) is 0 Å². The first-order valence-electron chi connectivity index (χ1n) is 9.70. The van der Waals surface area contributed by atoms with Crippen LogP contribution in [0.3, 0.4) is 0 Å². The van der Waals surface area contributed by atoms with Gasteiger partial charge in [-0.05, 0) is 33.0 Å². The molecule has 3 heterocycles. The molecule has 1 aliphatic heterocycles. The number of carbonyl (C=O) groups excluding carboxylic acids is 3. The highest BCUT2D eigenvalue weighted by Gasteiger charge is 2.74. The van der Waals surface area contributed by atoms with Crippen LogP contribution in [0.1, 0.15) is 27.0 Å². The van der Waals surface area contributed by atoms with Crippen molar-refractivity contribution in [2.24, 2.45) is 0 Å². The van der Waals surface area contributed by atoms with Gasteiger partial charge < -0.3 is 30.4 Å². The van der Waals surface area contributed by atoms with Gasteiger partial charge in [0.15, 0.2) is 51.2 Å². The Balaban J connectivity index is 2.47. The number of Topliss-reactive ketones (excluding diaryl/α,β-unsaturated/α-hetero) is 3. The minimum atomic E-state index is -3.09. The number of anilines is 1. The van der Waals surface area contributed by atoms with Crippen LogP contribution in [0.25, 0.3) is 11.2 Å². The monoisotopic (exact) mass is 481 g/mol. The van der Waals surface area contributed by atoms with Crippen LogP contribution in [0, 0.1) is 4.77 Å². The van der Waals surface area contributed by atoms with Gasteiger partial charge in [-0.3, -0.25) is 28.7 Å². The van der Waals surface area contributed by atoms with Gasteiger partial charge in [-0.15, -0.1) is 6.58 Å². The number of ketones is 3. The van der Waals surface area contributed by atoms with E-state index in [0.717, 1.165) is 25.3 Å². The topological polar surface area (TPSA) is 203 Å². The van der Waals surface area contributed by atoms with Crippen LogP contribution in [0.15, 0.2) is 17.4 Å². The average molecular weight is 481 g/mol. The van der Waals surface area contributed by atoms with E-state index in [4.69, 9.17) is 22.7 Å². The fourth-order valence-electron chi connectivity index (χ4n) is 4.06. The number of aliphatic hydroxyl groups is 3. The molecule has 3 rings (SSSR count). The minimum absolute atomic E-state index is 0.00472. The molecule has 0 saturated carbocycles. The van der Waals surface area contributed by atoms with Crippen molar-refractivity contribution in [3.05, 3.63) is 27.8 Å². The summed E-state index contributed by atoms with van der Waals surface area (Å²) in [5, 5.41) is 32.6. The van der Waals surface area contributed by atoms with E-state index in [1.807, 2.05) is 0 Å². The molecule has 1 fully saturated rings. The maximum atomic E-state index is 12.7. The van der Waals surface area contributed by atoms with Gasteiger partial charge in [-0.25, -0.2) is 0 Å². The summed E-state index contributed by atoms with van der Waals surface area (Å²) in [5.74, 6) is -3.82. The van der Waals surface area contributed by atoms with Gasteiger partial charge in [0.2, 0.25) is 11.5 Å². The molecule has 5 atom stereocenters. The highest BCUT2D eigenvalue weighted by atomic mass is 32.1. The number of fused-ring (bicyclic) bond motifs is 1. The number of H-pyrrole nitrogens is 1. The second kappa shape index (κ2) is 8.07. The fourth-order valence-corrected chi connectivity index (χ4v) is 4.41. The molecule has 178 valence electrons. The zero-order valence-corrected chi connectivity index (χ0v) is 18.8. The lowest BCUT2D eigenvalue weighted by atomic mass is 9.73. The molecular formula is C19H23N5O8S. The van der Waals surface area contributed by atoms with Crippen LogP contribution in [-0.4, -0.2) is 75.2 Å². The Morgan fingerprint density at radius 2 is 1.91 bits per heavy atom. The van der Waals surface area contributed by atoms with Gasteiger partial charge in [-0.2, -0.15) is 4.98 Å². The van der Waals surface area contributed by atoms with Crippen LogP contribution < -0.4 is 11.3 Å². The number of rotatable bonds is 7. The molecule has 0 radical (unpaired) electrons. The maximum absolute atomic E-state index is 12.7. The first-order valence-corrected chi connectivity index (χ1v) is 10.1. The van der Waals surface area contributed by atoms with Crippen molar-refractivity contribution in [3.8, 4) is 0 Å². The van der Waals surface area contributed by atoms with Crippen LogP contribution in [0.5, 0.6) is 0 Å². The number of nitrogen functional groups attached to an aromatic ring is 1. The standard InChI is InChI=1S/C19H23N5O8S/c1-5-6-23-10-13(21-16(20)22-14(10)29)24(17(23)33)15-19(31,9(4)27)18(30,8(3)26)12(32-15)11(28)7(2)25/h5,7,12,15,25,30-31H,1,6H2,2-4H3,(H3,20,21,22,29)/t7?,12-,15-,18-,19+/m1/s1. The number of aromatic amines is 1. The van der Waals surface area contributed by atoms with Crippen molar-refractivity contribution in [2.75, 3.05) is 5.73 Å². The summed E-state index contributed by atoms with van der Waals surface area (Å²) in [7, 11) is 0. The molecule has 0 aromatic carbocycles. The van der Waals surface area contributed by atoms with E-state index in [9.17, 15) is 34.5 Å². The van der Waals surface area contributed by atoms with Gasteiger partial charge in [0, 0.05) is 6.54 Å². The van der Waals surface area contributed by atoms with E-state index in [-0.39, 0.29) is 28.4 Å². The number of allylic oxidation sites excluding steroid dienone is 1. The number of aromatic nitrogens is 4. The van der Waals surface area contributed by atoms with Crippen LogP contribution in [-0.2, 0) is 25.7 Å². The number of nitrogens with zero attached hydrogens (tertiary/aromatic N) is 3. The molecule has 33 heavy (non-hydrogen) atoms. The Hall–Kier alpha value is -3.04. The zero-order chi connectivity index (χ0) is 25.0. The fraction of sp³-hybridized carbons (Fsp3) is 0.474. The molecule has 0 aliphatic carbocycles. The van der Waals surface area contributed by atoms with Crippen molar-refractivity contribution >= 4 is 46.7 Å². The lowest BCUT2D eigenvalue weighted by Crippen LogP contribution is -2.67. The summed E-state index contributed by atoms with van der Waals surface area (Å²) < 4.78 is 7.56. The summed E-state index contributed by atoms with van der Waals surface area (Å²) in [6.07, 6.45) is -4.45. The lowest BCUT2D eigenvalue weighted by molar-refractivity contribution is -0.182. The summed E-state index contributed by atoms with van der Waals surface area (Å²) in [6, 6.07) is 0. The molecule has 0 spiro atoms. The molecule has 1 aliphatic rings. The number of nitrogens with one attached hydrogen (secondary N) is 1. The molecule has 6 N–H and O–H groups in total. The number of aliphatic hydroxyl groups excluding tert-OH is 1. The first-order chi connectivity index (χ1) is 15.2. The van der Waals surface area contributed by atoms with Gasteiger partial charge in [-0.1, -0.05) is 6.08 Å². The SMILES string of the molecule is C=CCn1c(=S)n([C@@H]2O[C@H](C(=O)C(C)O)[C@](O)(C(C)=O)[C@]2(O)C(C)=O)c2nc(N)[nH]c(=O)c21. The van der Waals surface area contributed by atoms with Crippen molar-refractivity contribution in [3.63, 3.8) is 0 Å². The lowest BCUT2D eigenvalue weighted by Gasteiger charge is -2.37. The number of hydrogen-bond acceptors (Lipinski definition) is 11. The zero-order valence-electron chi connectivity index (χ0n) is 17.9. The van der Waals surface area contributed by atoms with E-state index < -0.39 is 52.5 Å². The third-order valence-corrected chi connectivity index (χ3v) is 6.12. The molecule has 0 bridgehead atoms. The number of nitrogens with two attached hydrogens (primary N) is 1. The summed E-state index contributed by atoms with van der Waals surface area (Å²) >= 11 is 5.42. The summed E-state index contributed by atoms with van der Waals surface area (Å²) in [4.78, 5) is 56.9. The quantitative estimate of drug-likeness (QED) is 0.228. The largest absolute Gasteiger partial charge is 0.386 e. The van der Waals surface area contributed by atoms with Gasteiger partial charge in [0.25, 0.3) is 5.56 Å². The van der Waals surface area contributed by atoms with Gasteiger partial charge in [0.05, 0.1) is 0 Å². The van der Waals surface area contributed by atoms with Crippen LogP contribution in [0.2, 0.25) is 0 Å². The maximum Gasteiger partial charge on any atom is 0.278 e. The van der Waals surface area contributed by atoms with Crippen molar-refractivity contribution in [1.29, 1.82) is 0 Å². The Morgan fingerprint density at radius 1 is 1.33 bits per heavy atom. The summed E-state index contributed by atoms with van der Waals surface area (Å²) in [6.45, 7) is 6.38. The Morgan fingerprint density at radius 3 is 2.39 bits per heavy atom. The Labute approximate surface area is 191 Å². The second-order valence-electron chi connectivity index (χ2n) is 7.77. The van der Waals surface area contributed by atoms with Crippen molar-refractivity contribution < 1.29 is 34.4 Å². The number of hydrogen-bond donors (Lipinski definition) is 5. The summed E-state index contributed by atoms with van der Waals surface area (Å²) in [5.41, 5.74) is -1.57. The molecular weight excluding hydrogens is 458 g/mol. The Kier molecular flexibility index (Phi) is 6.02. The molecule has 1 saturated heterocycles. The molecule has 14 heteroatoms. The van der Waals surface area contributed by atoms with E-state index in [1.54, 1.807) is 0 Å². The number of imidazole rings is 1. The predicted octanol–water partition coefficient (Wildman–Crippen LogP) is -1.49. The molecule has 2 aromatic rings. The highest BCUT2D eigenvalue weighted by molar-refractivity contribution is 7.71. The second-order valence-corrected chi connectivity index (χ2v) is 8.13. The third-order valence-electron chi connectivity index (χ3n) is 5.70. The average Bonchev–Trinajstić information content (AvgIpc) is 3.12. The molecule has 1 unspecified atom stereocenters. The van der Waals surface area contributed by atoms with Crippen LogP contribution in [0.4, 0.5) is 5.95 Å². The van der Waals surface area contributed by atoms with Gasteiger partial charge in [0.1, 0.15) is 6.10 Å². The van der Waals surface area contributed by atoms with Crippen molar-refractivity contribution in [1.82, 2.24) is 19.1 Å². The van der Waals surface area contributed by atoms with Crippen molar-refractivity contribution in [2.45, 2.75) is 57.0 Å². The molecule has 2 aromatic heterocycles. The first kappa shape index (κ1) is 24.6. The third kappa shape index (κ3) is 3.21. The minimum Gasteiger partial charge on any atom is -0.386 e. The van der Waals surface area contributed by atoms with Crippen LogP contribution >= 0.6 is 12.2 Å². The predicted molar refractivity (Wildman–Crippen MR) is 116 cm³/mol. The number of ether oxygens (including phenoxy) is 1. The molecule has 0 amide bonds. The number of carbonyl (C=O) groups is 3. The normalized spacial score (nSPS) is 28.1. The van der Waals surface area contributed by atoms with Gasteiger partial charge >= 0.3 is 0 Å².